The third-order valence-electron chi connectivity index (χ3n) is 4.07. The van der Waals surface area contributed by atoms with Crippen LogP contribution in [0.1, 0.15) is 44.5 Å². The molecule has 0 saturated carbocycles. The van der Waals surface area contributed by atoms with Crippen molar-refractivity contribution in [3.05, 3.63) is 22.4 Å². The number of nitrogens with one attached hydrogen (secondary N) is 3. The zero-order valence-corrected chi connectivity index (χ0v) is 19.3. The van der Waals surface area contributed by atoms with Crippen molar-refractivity contribution in [1.82, 2.24) is 20.9 Å². The quantitative estimate of drug-likeness (QED) is 0.324. The maximum Gasteiger partial charge on any atom is 0.239 e. The van der Waals surface area contributed by atoms with Crippen molar-refractivity contribution in [2.24, 2.45) is 4.99 Å². The second kappa shape index (κ2) is 11.1. The molecule has 1 aromatic rings. The number of hydrogen-bond donors (Lipinski definition) is 3. The van der Waals surface area contributed by atoms with Gasteiger partial charge in [0.05, 0.1) is 12.6 Å². The van der Waals surface area contributed by atoms with Crippen LogP contribution in [0.2, 0.25) is 0 Å². The number of rotatable bonds is 6. The molecular formula is C18H32IN5OS. The molecule has 0 radical (unpaired) electrons. The van der Waals surface area contributed by atoms with E-state index in [1.165, 1.54) is 17.7 Å². The SMILES string of the molecule is CN=C(NCC(=O)NC(C)(C)C)NCC(c1cccs1)N1CCCC1.I. The summed E-state index contributed by atoms with van der Waals surface area (Å²) in [5.74, 6) is 0.620. The number of carbonyl (C=O) groups excluding carboxylic acids is 1. The molecule has 1 unspecified atom stereocenters. The molecule has 1 saturated heterocycles. The Morgan fingerprint density at radius 2 is 2.00 bits per heavy atom. The van der Waals surface area contributed by atoms with Crippen molar-refractivity contribution in [3.8, 4) is 0 Å². The molecule has 1 aliphatic rings. The van der Waals surface area contributed by atoms with Crippen LogP contribution in [-0.2, 0) is 4.79 Å². The highest BCUT2D eigenvalue weighted by atomic mass is 127. The Morgan fingerprint density at radius 1 is 1.31 bits per heavy atom. The first-order valence-electron chi connectivity index (χ1n) is 8.92. The lowest BCUT2D eigenvalue weighted by molar-refractivity contribution is -0.121. The number of aliphatic imine (C=N–C) groups is 1. The highest BCUT2D eigenvalue weighted by molar-refractivity contribution is 14.0. The average Bonchev–Trinajstić information content (AvgIpc) is 3.22. The molecule has 0 aliphatic carbocycles. The van der Waals surface area contributed by atoms with Gasteiger partial charge in [0.15, 0.2) is 5.96 Å². The third-order valence-corrected chi connectivity index (χ3v) is 5.04. The first-order chi connectivity index (χ1) is 11.9. The topological polar surface area (TPSA) is 68.8 Å². The lowest BCUT2D eigenvalue weighted by atomic mass is 10.1. The number of likely N-dealkylation sites (tertiary alicyclic amines) is 1. The van der Waals surface area contributed by atoms with Gasteiger partial charge in [-0.05, 0) is 58.1 Å². The van der Waals surface area contributed by atoms with Gasteiger partial charge in [0.1, 0.15) is 0 Å². The number of thiophene rings is 1. The molecule has 1 fully saturated rings. The number of hydrogen-bond acceptors (Lipinski definition) is 4. The zero-order valence-electron chi connectivity index (χ0n) is 16.2. The van der Waals surface area contributed by atoms with Crippen molar-refractivity contribution in [1.29, 1.82) is 0 Å². The van der Waals surface area contributed by atoms with E-state index in [9.17, 15) is 4.79 Å². The van der Waals surface area contributed by atoms with Gasteiger partial charge < -0.3 is 16.0 Å². The normalized spacial score (nSPS) is 16.7. The van der Waals surface area contributed by atoms with Crippen LogP contribution in [-0.4, -0.2) is 55.5 Å². The van der Waals surface area contributed by atoms with Crippen LogP contribution in [0.3, 0.4) is 0 Å². The molecule has 0 bridgehead atoms. The van der Waals surface area contributed by atoms with Crippen LogP contribution >= 0.6 is 35.3 Å². The molecule has 0 aromatic carbocycles. The van der Waals surface area contributed by atoms with Gasteiger partial charge in [0.2, 0.25) is 5.91 Å². The van der Waals surface area contributed by atoms with E-state index in [1.807, 2.05) is 20.8 Å². The fourth-order valence-corrected chi connectivity index (χ4v) is 3.85. The standard InChI is InChI=1S/C18H31N5OS.HI/c1-18(2,3)22-16(24)13-21-17(19-4)20-12-14(15-8-7-11-25-15)23-9-5-6-10-23;/h7-8,11,14H,5-6,9-10,12-13H2,1-4H3,(H,22,24)(H2,19,20,21);1H. The van der Waals surface area contributed by atoms with Crippen molar-refractivity contribution in [2.45, 2.75) is 45.2 Å². The fourth-order valence-electron chi connectivity index (χ4n) is 2.98. The van der Waals surface area contributed by atoms with Gasteiger partial charge in [0, 0.05) is 24.0 Å². The minimum atomic E-state index is -0.226. The first kappa shape index (κ1) is 23.2. The maximum absolute atomic E-state index is 12.0. The van der Waals surface area contributed by atoms with Crippen LogP contribution in [0.4, 0.5) is 0 Å². The zero-order chi connectivity index (χ0) is 18.3. The Balaban J connectivity index is 0.00000338. The lowest BCUT2D eigenvalue weighted by Gasteiger charge is -2.27. The van der Waals surface area contributed by atoms with Crippen LogP contribution in [0.5, 0.6) is 0 Å². The molecule has 1 aromatic heterocycles. The Bertz CT molecular complexity index is 565. The van der Waals surface area contributed by atoms with E-state index in [0.29, 0.717) is 12.0 Å². The van der Waals surface area contributed by atoms with Crippen molar-refractivity contribution in [3.63, 3.8) is 0 Å². The third kappa shape index (κ3) is 7.79. The van der Waals surface area contributed by atoms with E-state index >= 15 is 0 Å². The number of nitrogens with zero attached hydrogens (tertiary/aromatic N) is 2. The summed E-state index contributed by atoms with van der Waals surface area (Å²) >= 11 is 1.80. The average molecular weight is 493 g/mol. The monoisotopic (exact) mass is 493 g/mol. The molecule has 8 heteroatoms. The van der Waals surface area contributed by atoms with E-state index in [-0.39, 0.29) is 42.0 Å². The molecule has 148 valence electrons. The summed E-state index contributed by atoms with van der Waals surface area (Å²) < 4.78 is 0. The molecule has 2 heterocycles. The molecule has 3 N–H and O–H groups in total. The number of carbonyl (C=O) groups is 1. The predicted molar refractivity (Wildman–Crippen MR) is 121 cm³/mol. The minimum Gasteiger partial charge on any atom is -0.354 e. The summed E-state index contributed by atoms with van der Waals surface area (Å²) in [6, 6.07) is 4.65. The summed E-state index contributed by atoms with van der Waals surface area (Å²) in [4.78, 5) is 20.1. The minimum absolute atomic E-state index is 0. The predicted octanol–water partition coefficient (Wildman–Crippen LogP) is 2.58. The summed E-state index contributed by atoms with van der Waals surface area (Å²) in [6.07, 6.45) is 2.53. The summed E-state index contributed by atoms with van der Waals surface area (Å²) in [5.41, 5.74) is -0.226. The molecule has 1 atom stereocenters. The second-order valence-electron chi connectivity index (χ2n) is 7.38. The lowest BCUT2D eigenvalue weighted by Crippen LogP contribution is -2.49. The highest BCUT2D eigenvalue weighted by Gasteiger charge is 2.24. The van der Waals surface area contributed by atoms with Gasteiger partial charge in [-0.2, -0.15) is 0 Å². The Morgan fingerprint density at radius 3 is 2.54 bits per heavy atom. The summed E-state index contributed by atoms with van der Waals surface area (Å²) in [7, 11) is 1.73. The van der Waals surface area contributed by atoms with Crippen LogP contribution in [0.25, 0.3) is 0 Å². The molecule has 1 amide bonds. The van der Waals surface area contributed by atoms with Gasteiger partial charge in [-0.3, -0.25) is 14.7 Å². The second-order valence-corrected chi connectivity index (χ2v) is 8.36. The van der Waals surface area contributed by atoms with E-state index in [0.717, 1.165) is 19.6 Å². The highest BCUT2D eigenvalue weighted by Crippen LogP contribution is 2.27. The molecule has 2 rings (SSSR count). The van der Waals surface area contributed by atoms with Crippen LogP contribution in [0.15, 0.2) is 22.5 Å². The van der Waals surface area contributed by atoms with Gasteiger partial charge >= 0.3 is 0 Å². The van der Waals surface area contributed by atoms with Gasteiger partial charge in [-0.25, -0.2) is 0 Å². The summed E-state index contributed by atoms with van der Waals surface area (Å²) in [6.45, 7) is 9.19. The van der Waals surface area contributed by atoms with E-state index < -0.39 is 0 Å². The van der Waals surface area contributed by atoms with Crippen molar-refractivity contribution < 1.29 is 4.79 Å². The Hall–Kier alpha value is -0.870. The van der Waals surface area contributed by atoms with E-state index in [1.54, 1.807) is 18.4 Å². The molecule has 1 aliphatic heterocycles. The Labute approximate surface area is 178 Å². The number of halogens is 1. The summed E-state index contributed by atoms with van der Waals surface area (Å²) in [5, 5.41) is 11.5. The number of amides is 1. The van der Waals surface area contributed by atoms with Crippen molar-refractivity contribution in [2.75, 3.05) is 33.2 Å². The molecule has 26 heavy (non-hydrogen) atoms. The molecule has 0 spiro atoms. The largest absolute Gasteiger partial charge is 0.354 e. The molecule has 6 nitrogen and oxygen atoms in total. The smallest absolute Gasteiger partial charge is 0.239 e. The van der Waals surface area contributed by atoms with E-state index in [2.05, 4.69) is 43.4 Å². The van der Waals surface area contributed by atoms with Gasteiger partial charge in [-0.1, -0.05) is 6.07 Å². The Kier molecular flexibility index (Phi) is 9.88. The van der Waals surface area contributed by atoms with Gasteiger partial charge in [-0.15, -0.1) is 35.3 Å². The van der Waals surface area contributed by atoms with E-state index in [4.69, 9.17) is 0 Å². The van der Waals surface area contributed by atoms with Crippen molar-refractivity contribution >= 4 is 47.2 Å². The van der Waals surface area contributed by atoms with Crippen LogP contribution < -0.4 is 16.0 Å². The van der Waals surface area contributed by atoms with Gasteiger partial charge in [0.25, 0.3) is 0 Å². The number of guanidine groups is 1. The molecular weight excluding hydrogens is 461 g/mol. The fraction of sp³-hybridized carbons (Fsp3) is 0.667. The first-order valence-corrected chi connectivity index (χ1v) is 9.80. The maximum atomic E-state index is 12.0. The van der Waals surface area contributed by atoms with Crippen LogP contribution in [0, 0.1) is 0 Å².